The van der Waals surface area contributed by atoms with Crippen LogP contribution in [0.5, 0.6) is 0 Å². The number of carbonyl (C=O) groups excluding carboxylic acids is 1. The van der Waals surface area contributed by atoms with Crippen LogP contribution < -0.4 is 5.32 Å². The predicted molar refractivity (Wildman–Crippen MR) is 79.2 cm³/mol. The lowest BCUT2D eigenvalue weighted by atomic mass is 10.1. The standard InChI is InChI=1S/C16H18FN3O2/c17-15-3-1-2-13(10-15)4-5-19-12-14(11-18)16(21)20-6-8-22-9-7-20/h1-3,10,12,19H,4-9H2/b14-12-. The van der Waals surface area contributed by atoms with Gasteiger partial charge in [-0.25, -0.2) is 4.39 Å². The molecule has 116 valence electrons. The van der Waals surface area contributed by atoms with Crippen LogP contribution in [-0.2, 0) is 16.0 Å². The summed E-state index contributed by atoms with van der Waals surface area (Å²) in [6.45, 7) is 2.52. The monoisotopic (exact) mass is 303 g/mol. The van der Waals surface area contributed by atoms with E-state index in [9.17, 15) is 9.18 Å². The SMILES string of the molecule is N#C/C(=C/NCCc1cccc(F)c1)C(=O)N1CCOCC1. The zero-order valence-electron chi connectivity index (χ0n) is 12.2. The quantitative estimate of drug-likeness (QED) is 0.505. The Morgan fingerprint density at radius 3 is 2.91 bits per heavy atom. The first kappa shape index (κ1) is 16.0. The first-order valence-electron chi connectivity index (χ1n) is 7.16. The number of ether oxygens (including phenoxy) is 1. The van der Waals surface area contributed by atoms with E-state index in [4.69, 9.17) is 10.00 Å². The topological polar surface area (TPSA) is 65.4 Å². The van der Waals surface area contributed by atoms with E-state index in [0.717, 1.165) is 5.56 Å². The molecule has 1 aromatic carbocycles. The van der Waals surface area contributed by atoms with E-state index in [0.29, 0.717) is 39.3 Å². The van der Waals surface area contributed by atoms with Gasteiger partial charge in [0.2, 0.25) is 0 Å². The lowest BCUT2D eigenvalue weighted by Crippen LogP contribution is -2.41. The van der Waals surface area contributed by atoms with Crippen molar-refractivity contribution in [2.45, 2.75) is 6.42 Å². The maximum absolute atomic E-state index is 13.0. The summed E-state index contributed by atoms with van der Waals surface area (Å²) in [4.78, 5) is 13.7. The molecule has 1 fully saturated rings. The normalized spacial score (nSPS) is 15.3. The molecule has 1 aliphatic heterocycles. The molecule has 0 saturated carbocycles. The molecule has 0 bridgehead atoms. The second kappa shape index (κ2) is 8.15. The van der Waals surface area contributed by atoms with Crippen molar-refractivity contribution in [3.63, 3.8) is 0 Å². The third kappa shape index (κ3) is 4.57. The highest BCUT2D eigenvalue weighted by molar-refractivity contribution is 5.97. The molecule has 0 radical (unpaired) electrons. The lowest BCUT2D eigenvalue weighted by Gasteiger charge is -2.26. The van der Waals surface area contributed by atoms with Gasteiger partial charge in [0.1, 0.15) is 17.5 Å². The molecule has 0 unspecified atom stereocenters. The molecule has 5 nitrogen and oxygen atoms in total. The van der Waals surface area contributed by atoms with Gasteiger partial charge in [-0.1, -0.05) is 12.1 Å². The Morgan fingerprint density at radius 2 is 2.23 bits per heavy atom. The van der Waals surface area contributed by atoms with Gasteiger partial charge in [-0.2, -0.15) is 5.26 Å². The van der Waals surface area contributed by atoms with Crippen molar-refractivity contribution >= 4 is 5.91 Å². The summed E-state index contributed by atoms with van der Waals surface area (Å²) < 4.78 is 18.2. The van der Waals surface area contributed by atoms with Crippen molar-refractivity contribution in [3.8, 4) is 6.07 Å². The van der Waals surface area contributed by atoms with Crippen LogP contribution in [0.4, 0.5) is 4.39 Å². The van der Waals surface area contributed by atoms with Crippen molar-refractivity contribution in [3.05, 3.63) is 47.4 Å². The molecule has 0 aliphatic carbocycles. The number of amides is 1. The Hall–Kier alpha value is -2.39. The fourth-order valence-electron chi connectivity index (χ4n) is 2.16. The number of hydrogen-bond donors (Lipinski definition) is 1. The van der Waals surface area contributed by atoms with Crippen molar-refractivity contribution in [1.82, 2.24) is 10.2 Å². The second-order valence-electron chi connectivity index (χ2n) is 4.91. The van der Waals surface area contributed by atoms with Crippen LogP contribution in [0.15, 0.2) is 36.0 Å². The second-order valence-corrected chi connectivity index (χ2v) is 4.91. The van der Waals surface area contributed by atoms with Gasteiger partial charge in [-0.15, -0.1) is 0 Å². The first-order chi connectivity index (χ1) is 10.7. The number of halogens is 1. The van der Waals surface area contributed by atoms with E-state index in [1.807, 2.05) is 12.1 Å². The minimum Gasteiger partial charge on any atom is -0.389 e. The molecule has 0 atom stereocenters. The Balaban J connectivity index is 1.84. The largest absolute Gasteiger partial charge is 0.389 e. The first-order valence-corrected chi connectivity index (χ1v) is 7.16. The average Bonchev–Trinajstić information content (AvgIpc) is 2.55. The van der Waals surface area contributed by atoms with E-state index in [-0.39, 0.29) is 17.3 Å². The summed E-state index contributed by atoms with van der Waals surface area (Å²) in [6.07, 6.45) is 2.04. The molecule has 1 heterocycles. The number of carbonyl (C=O) groups is 1. The number of nitrogens with one attached hydrogen (secondary N) is 1. The molecular formula is C16H18FN3O2. The molecule has 0 spiro atoms. The van der Waals surface area contributed by atoms with E-state index >= 15 is 0 Å². The van der Waals surface area contributed by atoms with Gasteiger partial charge < -0.3 is 15.0 Å². The van der Waals surface area contributed by atoms with Crippen LogP contribution in [0.1, 0.15) is 5.56 Å². The van der Waals surface area contributed by atoms with Gasteiger partial charge in [-0.05, 0) is 24.1 Å². The molecule has 1 aliphatic rings. The predicted octanol–water partition coefficient (Wildman–Crippen LogP) is 1.22. The Kier molecular flexibility index (Phi) is 5.92. The van der Waals surface area contributed by atoms with Crippen molar-refractivity contribution in [1.29, 1.82) is 5.26 Å². The molecule has 6 heteroatoms. The number of rotatable bonds is 5. The highest BCUT2D eigenvalue weighted by Gasteiger charge is 2.20. The highest BCUT2D eigenvalue weighted by Crippen LogP contribution is 2.05. The zero-order chi connectivity index (χ0) is 15.8. The molecule has 2 rings (SSSR count). The van der Waals surface area contributed by atoms with Crippen LogP contribution in [0.2, 0.25) is 0 Å². The van der Waals surface area contributed by atoms with Gasteiger partial charge in [0.15, 0.2) is 0 Å². The van der Waals surface area contributed by atoms with Crippen LogP contribution in [0.25, 0.3) is 0 Å². The Bertz CT molecular complexity index is 589. The van der Waals surface area contributed by atoms with Gasteiger partial charge in [0.05, 0.1) is 13.2 Å². The van der Waals surface area contributed by atoms with Crippen molar-refractivity contribution < 1.29 is 13.9 Å². The van der Waals surface area contributed by atoms with Crippen LogP contribution >= 0.6 is 0 Å². The van der Waals surface area contributed by atoms with Gasteiger partial charge in [-0.3, -0.25) is 4.79 Å². The van der Waals surface area contributed by atoms with Crippen LogP contribution in [0.3, 0.4) is 0 Å². The van der Waals surface area contributed by atoms with Crippen molar-refractivity contribution in [2.24, 2.45) is 0 Å². The van der Waals surface area contributed by atoms with Crippen molar-refractivity contribution in [2.75, 3.05) is 32.8 Å². The Labute approximate surface area is 129 Å². The highest BCUT2D eigenvalue weighted by atomic mass is 19.1. The minimum absolute atomic E-state index is 0.0705. The lowest BCUT2D eigenvalue weighted by molar-refractivity contribution is -0.130. The number of morpholine rings is 1. The molecule has 0 aromatic heterocycles. The summed E-state index contributed by atoms with van der Waals surface area (Å²) in [5.74, 6) is -0.558. The number of benzene rings is 1. The minimum atomic E-state index is -0.288. The average molecular weight is 303 g/mol. The smallest absolute Gasteiger partial charge is 0.266 e. The summed E-state index contributed by atoms with van der Waals surface area (Å²) in [7, 11) is 0. The number of nitriles is 1. The summed E-state index contributed by atoms with van der Waals surface area (Å²) in [6, 6.07) is 8.26. The number of nitrogens with zero attached hydrogens (tertiary/aromatic N) is 2. The Morgan fingerprint density at radius 1 is 1.45 bits per heavy atom. The molecule has 1 aromatic rings. The number of hydrogen-bond acceptors (Lipinski definition) is 4. The van der Waals surface area contributed by atoms with E-state index in [2.05, 4.69) is 5.32 Å². The molecule has 1 N–H and O–H groups in total. The fraction of sp³-hybridized carbons (Fsp3) is 0.375. The van der Waals surface area contributed by atoms with Gasteiger partial charge in [0.25, 0.3) is 5.91 Å². The molecule has 1 saturated heterocycles. The summed E-state index contributed by atoms with van der Waals surface area (Å²) in [5, 5.41) is 12.0. The van der Waals surface area contributed by atoms with E-state index in [1.54, 1.807) is 11.0 Å². The van der Waals surface area contributed by atoms with E-state index in [1.165, 1.54) is 18.3 Å². The van der Waals surface area contributed by atoms with Crippen LogP contribution in [0, 0.1) is 17.1 Å². The van der Waals surface area contributed by atoms with Crippen LogP contribution in [-0.4, -0.2) is 43.7 Å². The third-order valence-electron chi connectivity index (χ3n) is 3.34. The summed E-state index contributed by atoms with van der Waals surface area (Å²) in [5.41, 5.74) is 0.931. The fourth-order valence-corrected chi connectivity index (χ4v) is 2.16. The van der Waals surface area contributed by atoms with E-state index < -0.39 is 0 Å². The molecule has 22 heavy (non-hydrogen) atoms. The zero-order valence-corrected chi connectivity index (χ0v) is 12.2. The maximum Gasteiger partial charge on any atom is 0.266 e. The molecule has 1 amide bonds. The summed E-state index contributed by atoms with van der Waals surface area (Å²) >= 11 is 0. The maximum atomic E-state index is 13.0. The molecular weight excluding hydrogens is 285 g/mol. The van der Waals surface area contributed by atoms with Gasteiger partial charge in [0, 0.05) is 25.8 Å². The third-order valence-corrected chi connectivity index (χ3v) is 3.34. The van der Waals surface area contributed by atoms with Gasteiger partial charge >= 0.3 is 0 Å².